The van der Waals surface area contributed by atoms with Crippen LogP contribution in [0.1, 0.15) is 0 Å². The maximum Gasteiger partial charge on any atom is 0.180 e. The second-order valence-electron chi connectivity index (χ2n) is 16.4. The second kappa shape index (κ2) is 15.2. The number of hydrogen-bond acceptors (Lipinski definition) is 0. The molecule has 12 rings (SSSR count). The molecule has 0 aliphatic carbocycles. The van der Waals surface area contributed by atoms with Crippen LogP contribution in [0.2, 0.25) is 0 Å². The van der Waals surface area contributed by atoms with Gasteiger partial charge in [0.05, 0.1) is 27.8 Å². The summed E-state index contributed by atoms with van der Waals surface area (Å²) in [5.41, 5.74) is 11.8. The van der Waals surface area contributed by atoms with Gasteiger partial charge in [0.25, 0.3) is 0 Å². The van der Waals surface area contributed by atoms with Crippen LogP contribution in [0.4, 0.5) is 0 Å². The van der Waals surface area contributed by atoms with E-state index in [0.717, 1.165) is 11.4 Å². The zero-order valence-electron chi connectivity index (χ0n) is 34.6. The van der Waals surface area contributed by atoms with Crippen molar-refractivity contribution >= 4 is 72.4 Å². The lowest BCUT2D eigenvalue weighted by atomic mass is 10.0. The molecular weight excluding hydrogens is 777 g/mol. The minimum atomic E-state index is -2.91. The molecule has 10 aromatic carbocycles. The van der Waals surface area contributed by atoms with E-state index < -0.39 is 8.07 Å². The van der Waals surface area contributed by atoms with E-state index in [0.29, 0.717) is 0 Å². The summed E-state index contributed by atoms with van der Waals surface area (Å²) in [4.78, 5) is 0. The van der Waals surface area contributed by atoms with E-state index in [1.807, 2.05) is 0 Å². The van der Waals surface area contributed by atoms with Gasteiger partial charge in [0.15, 0.2) is 8.07 Å². The molecule has 0 radical (unpaired) electrons. The van der Waals surface area contributed by atoms with Crippen LogP contribution >= 0.6 is 0 Å². The van der Waals surface area contributed by atoms with Crippen LogP contribution in [0.25, 0.3) is 77.2 Å². The first-order valence-electron chi connectivity index (χ1n) is 21.8. The molecule has 296 valence electrons. The van der Waals surface area contributed by atoms with Gasteiger partial charge in [-0.2, -0.15) is 0 Å². The van der Waals surface area contributed by atoms with Crippen LogP contribution in [0.3, 0.4) is 0 Å². The SMILES string of the molecule is c1ccc(-c2ccc(-n3c4c(-c5ccccc5)cccc4c4cccc(-n5c6ccccc6c6c([Si](c7ccccc7)(c7ccccc7)c7ccccc7)cccc65)c43)cc2)cc1. The maximum atomic E-state index is 2.55. The standard InChI is InChI=1S/C60H42N2Si/c1-6-21-43(22-7-1)44-39-41-46(42-40-44)61-59-50(45-23-8-2-9-24-45)32-18-33-51(59)52-34-19-37-56(60(52)61)62-54-35-17-16-31-53(54)58-55(62)36-20-38-57(58)63(47-25-10-3-11-26-47,48-27-12-4-13-28-48)49-29-14-5-15-30-49/h1-42H. The largest absolute Gasteiger partial charge is 0.307 e. The fourth-order valence-electron chi connectivity index (χ4n) is 10.4. The minimum Gasteiger partial charge on any atom is -0.307 e. The first-order chi connectivity index (χ1) is 31.3. The normalized spacial score (nSPS) is 11.8. The molecule has 2 aromatic heterocycles. The third-order valence-corrected chi connectivity index (χ3v) is 17.9. The maximum absolute atomic E-state index is 2.91. The number of rotatable bonds is 8. The molecule has 2 heterocycles. The molecule has 63 heavy (non-hydrogen) atoms. The summed E-state index contributed by atoms with van der Waals surface area (Å²) in [5.74, 6) is 0. The Labute approximate surface area is 368 Å². The molecule has 0 amide bonds. The lowest BCUT2D eigenvalue weighted by Gasteiger charge is -2.35. The van der Waals surface area contributed by atoms with Crippen LogP contribution in [0.5, 0.6) is 0 Å². The second-order valence-corrected chi connectivity index (χ2v) is 20.2. The summed E-state index contributed by atoms with van der Waals surface area (Å²) < 4.78 is 5.07. The summed E-state index contributed by atoms with van der Waals surface area (Å²) >= 11 is 0. The van der Waals surface area contributed by atoms with Crippen LogP contribution in [0, 0.1) is 0 Å². The fourth-order valence-corrected chi connectivity index (χ4v) is 15.4. The van der Waals surface area contributed by atoms with Gasteiger partial charge in [-0.15, -0.1) is 0 Å². The molecule has 3 heteroatoms. The van der Waals surface area contributed by atoms with Crippen molar-refractivity contribution in [2.24, 2.45) is 0 Å². The Kier molecular flexibility index (Phi) is 8.87. The Bertz CT molecular complexity index is 3480. The van der Waals surface area contributed by atoms with E-state index in [9.17, 15) is 0 Å². The zero-order valence-corrected chi connectivity index (χ0v) is 35.6. The highest BCUT2D eigenvalue weighted by Crippen LogP contribution is 2.43. The summed E-state index contributed by atoms with van der Waals surface area (Å²) in [7, 11) is -2.91. The van der Waals surface area contributed by atoms with Gasteiger partial charge in [0, 0.05) is 32.8 Å². The van der Waals surface area contributed by atoms with E-state index in [-0.39, 0.29) is 0 Å². The third kappa shape index (κ3) is 5.78. The summed E-state index contributed by atoms with van der Waals surface area (Å²) in [6, 6.07) is 94.2. The van der Waals surface area contributed by atoms with Crippen molar-refractivity contribution in [3.05, 3.63) is 255 Å². The Balaban J connectivity index is 1.21. The lowest BCUT2D eigenvalue weighted by Crippen LogP contribution is -2.74. The number of hydrogen-bond donors (Lipinski definition) is 0. The molecule has 0 atom stereocenters. The minimum absolute atomic E-state index is 1.12. The van der Waals surface area contributed by atoms with Crippen LogP contribution in [0.15, 0.2) is 255 Å². The molecule has 0 N–H and O–H groups in total. The van der Waals surface area contributed by atoms with Crippen LogP contribution in [-0.4, -0.2) is 17.2 Å². The first kappa shape index (κ1) is 36.8. The fraction of sp³-hybridized carbons (Fsp3) is 0. The van der Waals surface area contributed by atoms with Crippen molar-refractivity contribution in [2.45, 2.75) is 0 Å². The van der Waals surface area contributed by atoms with Gasteiger partial charge in [-0.05, 0) is 67.8 Å². The smallest absolute Gasteiger partial charge is 0.180 e. The van der Waals surface area contributed by atoms with Gasteiger partial charge in [-0.3, -0.25) is 0 Å². The average Bonchev–Trinajstić information content (AvgIpc) is 3.90. The van der Waals surface area contributed by atoms with Crippen molar-refractivity contribution in [3.8, 4) is 33.6 Å². The van der Waals surface area contributed by atoms with Gasteiger partial charge in [-0.1, -0.05) is 224 Å². The monoisotopic (exact) mass is 818 g/mol. The molecular formula is C60H42N2Si. The highest BCUT2D eigenvalue weighted by atomic mass is 28.3. The van der Waals surface area contributed by atoms with Crippen molar-refractivity contribution in [1.29, 1.82) is 0 Å². The number of aromatic nitrogens is 2. The Morgan fingerprint density at radius 2 is 0.746 bits per heavy atom. The quantitative estimate of drug-likeness (QED) is 0.107. The van der Waals surface area contributed by atoms with Crippen molar-refractivity contribution < 1.29 is 0 Å². The zero-order chi connectivity index (χ0) is 41.7. The number of para-hydroxylation sites is 3. The van der Waals surface area contributed by atoms with Gasteiger partial charge in [0.2, 0.25) is 0 Å². The molecule has 0 saturated heterocycles. The van der Waals surface area contributed by atoms with Gasteiger partial charge < -0.3 is 9.13 Å². The van der Waals surface area contributed by atoms with Gasteiger partial charge in [-0.25, -0.2) is 0 Å². The molecule has 2 nitrogen and oxygen atoms in total. The summed E-state index contributed by atoms with van der Waals surface area (Å²) in [6.07, 6.45) is 0. The number of benzene rings is 10. The van der Waals surface area contributed by atoms with E-state index >= 15 is 0 Å². The Hall–Kier alpha value is -7.98. The molecule has 0 unspecified atom stereocenters. The van der Waals surface area contributed by atoms with Gasteiger partial charge >= 0.3 is 0 Å². The highest BCUT2D eigenvalue weighted by Gasteiger charge is 2.43. The van der Waals surface area contributed by atoms with Crippen LogP contribution < -0.4 is 20.7 Å². The highest BCUT2D eigenvalue weighted by molar-refractivity contribution is 7.20. The predicted molar refractivity (Wildman–Crippen MR) is 270 cm³/mol. The topological polar surface area (TPSA) is 9.86 Å². The van der Waals surface area contributed by atoms with Gasteiger partial charge in [0.1, 0.15) is 0 Å². The molecule has 0 aliphatic rings. The lowest BCUT2D eigenvalue weighted by molar-refractivity contribution is 1.13. The average molecular weight is 819 g/mol. The van der Waals surface area contributed by atoms with E-state index in [2.05, 4.69) is 264 Å². The Morgan fingerprint density at radius 1 is 0.286 bits per heavy atom. The van der Waals surface area contributed by atoms with Crippen molar-refractivity contribution in [2.75, 3.05) is 0 Å². The Morgan fingerprint density at radius 3 is 1.37 bits per heavy atom. The van der Waals surface area contributed by atoms with Crippen molar-refractivity contribution in [3.63, 3.8) is 0 Å². The molecule has 0 aliphatic heterocycles. The predicted octanol–water partition coefficient (Wildman–Crippen LogP) is 12.6. The molecule has 0 fully saturated rings. The molecule has 0 spiro atoms. The summed E-state index contributed by atoms with van der Waals surface area (Å²) in [6.45, 7) is 0. The third-order valence-electron chi connectivity index (χ3n) is 13.1. The summed E-state index contributed by atoms with van der Waals surface area (Å²) in [5, 5.41) is 10.5. The molecule has 0 saturated carbocycles. The van der Waals surface area contributed by atoms with E-state index in [1.165, 1.54) is 86.6 Å². The number of fused-ring (bicyclic) bond motifs is 6. The van der Waals surface area contributed by atoms with Crippen LogP contribution in [-0.2, 0) is 0 Å². The number of nitrogens with zero attached hydrogens (tertiary/aromatic N) is 2. The first-order valence-corrected chi connectivity index (χ1v) is 23.8. The van der Waals surface area contributed by atoms with Crippen molar-refractivity contribution in [1.82, 2.24) is 9.13 Å². The molecule has 12 aromatic rings. The van der Waals surface area contributed by atoms with E-state index in [4.69, 9.17) is 0 Å². The van der Waals surface area contributed by atoms with E-state index in [1.54, 1.807) is 0 Å². The molecule has 0 bridgehead atoms.